The number of piperidine rings is 1. The van der Waals surface area contributed by atoms with E-state index in [1.807, 2.05) is 0 Å². The fourth-order valence-electron chi connectivity index (χ4n) is 3.72. The minimum absolute atomic E-state index is 0. The quantitative estimate of drug-likeness (QED) is 0.866. The molecule has 3 nitrogen and oxygen atoms in total. The fourth-order valence-corrected chi connectivity index (χ4v) is 4.58. The SMILES string of the molecule is CCC(NC(=O)CC1CC2CCC(C1)N2)c1cccs1.Cl. The monoisotopic (exact) mass is 328 g/mol. The topological polar surface area (TPSA) is 41.1 Å². The van der Waals surface area contributed by atoms with Crippen molar-refractivity contribution in [1.29, 1.82) is 0 Å². The van der Waals surface area contributed by atoms with Crippen molar-refractivity contribution >= 4 is 29.7 Å². The average Bonchev–Trinajstić information content (AvgIpc) is 3.06. The first kappa shape index (κ1) is 16.8. The van der Waals surface area contributed by atoms with E-state index in [2.05, 4.69) is 35.1 Å². The molecule has 2 bridgehead atoms. The molecule has 0 saturated carbocycles. The molecule has 1 amide bonds. The van der Waals surface area contributed by atoms with Crippen molar-refractivity contribution in [2.75, 3.05) is 0 Å². The number of amides is 1. The molecule has 2 aliphatic heterocycles. The van der Waals surface area contributed by atoms with Crippen molar-refractivity contribution in [3.05, 3.63) is 22.4 Å². The van der Waals surface area contributed by atoms with Crippen molar-refractivity contribution in [3.63, 3.8) is 0 Å². The van der Waals surface area contributed by atoms with Gasteiger partial charge in [-0.05, 0) is 49.5 Å². The first-order valence-corrected chi connectivity index (χ1v) is 8.71. The fraction of sp³-hybridized carbons (Fsp3) is 0.688. The van der Waals surface area contributed by atoms with E-state index in [9.17, 15) is 4.79 Å². The highest BCUT2D eigenvalue weighted by atomic mass is 35.5. The molecule has 3 atom stereocenters. The highest BCUT2D eigenvalue weighted by molar-refractivity contribution is 7.10. The third-order valence-corrected chi connectivity index (χ3v) is 5.66. The Hall–Kier alpha value is -0.580. The van der Waals surface area contributed by atoms with Crippen molar-refractivity contribution < 1.29 is 4.79 Å². The second-order valence-corrected chi connectivity index (χ2v) is 7.20. The van der Waals surface area contributed by atoms with Gasteiger partial charge in [-0.2, -0.15) is 0 Å². The summed E-state index contributed by atoms with van der Waals surface area (Å²) in [5, 5.41) is 8.93. The van der Waals surface area contributed by atoms with Gasteiger partial charge in [-0.15, -0.1) is 23.7 Å². The van der Waals surface area contributed by atoms with Crippen LogP contribution in [0.1, 0.15) is 56.4 Å². The van der Waals surface area contributed by atoms with Crippen LogP contribution in [-0.2, 0) is 4.79 Å². The van der Waals surface area contributed by atoms with Crippen molar-refractivity contribution in [3.8, 4) is 0 Å². The highest BCUT2D eigenvalue weighted by Gasteiger charge is 2.34. The van der Waals surface area contributed by atoms with Crippen LogP contribution in [0.25, 0.3) is 0 Å². The summed E-state index contributed by atoms with van der Waals surface area (Å²) in [4.78, 5) is 13.6. The van der Waals surface area contributed by atoms with Crippen LogP contribution in [0, 0.1) is 5.92 Å². The third kappa shape index (κ3) is 4.21. The summed E-state index contributed by atoms with van der Waals surface area (Å²) >= 11 is 1.73. The van der Waals surface area contributed by atoms with E-state index in [0.29, 0.717) is 24.4 Å². The zero-order valence-corrected chi connectivity index (χ0v) is 14.1. The Morgan fingerprint density at radius 2 is 2.14 bits per heavy atom. The average molecular weight is 329 g/mol. The van der Waals surface area contributed by atoms with Crippen molar-refractivity contribution in [2.24, 2.45) is 5.92 Å². The van der Waals surface area contributed by atoms with Gasteiger partial charge in [0.2, 0.25) is 5.91 Å². The summed E-state index contributed by atoms with van der Waals surface area (Å²) in [6.07, 6.45) is 6.63. The Morgan fingerprint density at radius 1 is 1.43 bits per heavy atom. The molecule has 0 spiro atoms. The van der Waals surface area contributed by atoms with Gasteiger partial charge < -0.3 is 10.6 Å². The Kier molecular flexibility index (Phi) is 6.08. The van der Waals surface area contributed by atoms with Crippen molar-refractivity contribution in [2.45, 2.75) is 63.6 Å². The summed E-state index contributed by atoms with van der Waals surface area (Å²) in [5.41, 5.74) is 0. The maximum Gasteiger partial charge on any atom is 0.220 e. The van der Waals surface area contributed by atoms with Gasteiger partial charge >= 0.3 is 0 Å². The largest absolute Gasteiger partial charge is 0.348 e. The van der Waals surface area contributed by atoms with Crippen LogP contribution in [0.4, 0.5) is 0 Å². The molecule has 3 rings (SSSR count). The Bertz CT molecular complexity index is 439. The second kappa shape index (κ2) is 7.61. The summed E-state index contributed by atoms with van der Waals surface area (Å²) < 4.78 is 0. The maximum absolute atomic E-state index is 12.3. The predicted molar refractivity (Wildman–Crippen MR) is 90.0 cm³/mol. The predicted octanol–water partition coefficient (Wildman–Crippen LogP) is 3.66. The minimum atomic E-state index is 0. The second-order valence-electron chi connectivity index (χ2n) is 6.22. The number of halogens is 1. The Labute approximate surface area is 137 Å². The summed E-state index contributed by atoms with van der Waals surface area (Å²) in [6.45, 7) is 2.13. The maximum atomic E-state index is 12.3. The van der Waals surface area contributed by atoms with Crippen LogP contribution in [0.15, 0.2) is 17.5 Å². The molecule has 1 aromatic heterocycles. The van der Waals surface area contributed by atoms with Gasteiger partial charge in [0, 0.05) is 23.4 Å². The highest BCUT2D eigenvalue weighted by Crippen LogP contribution is 2.33. The smallest absolute Gasteiger partial charge is 0.220 e. The molecule has 2 N–H and O–H groups in total. The van der Waals surface area contributed by atoms with Crippen LogP contribution >= 0.6 is 23.7 Å². The zero-order chi connectivity index (χ0) is 13.9. The summed E-state index contributed by atoms with van der Waals surface area (Å²) in [6, 6.07) is 5.71. The molecule has 2 fully saturated rings. The van der Waals surface area contributed by atoms with Gasteiger partial charge in [-0.25, -0.2) is 0 Å². The standard InChI is InChI=1S/C16H24N2OS.ClH/c1-2-14(15-4-3-7-20-15)18-16(19)10-11-8-12-5-6-13(9-11)17-12;/h3-4,7,11-14,17H,2,5-6,8-10H2,1H3,(H,18,19);1H. The van der Waals surface area contributed by atoms with E-state index in [4.69, 9.17) is 0 Å². The van der Waals surface area contributed by atoms with E-state index in [0.717, 1.165) is 6.42 Å². The molecule has 0 radical (unpaired) electrons. The van der Waals surface area contributed by atoms with Crippen LogP contribution in [0.5, 0.6) is 0 Å². The lowest BCUT2D eigenvalue weighted by Gasteiger charge is -2.29. The Balaban J connectivity index is 0.00000161. The van der Waals surface area contributed by atoms with Crippen LogP contribution in [-0.4, -0.2) is 18.0 Å². The number of thiophene rings is 1. The molecule has 21 heavy (non-hydrogen) atoms. The van der Waals surface area contributed by atoms with Gasteiger partial charge in [0.05, 0.1) is 6.04 Å². The van der Waals surface area contributed by atoms with E-state index >= 15 is 0 Å². The van der Waals surface area contributed by atoms with Gasteiger partial charge in [0.25, 0.3) is 0 Å². The third-order valence-electron chi connectivity index (χ3n) is 4.67. The van der Waals surface area contributed by atoms with Crippen molar-refractivity contribution in [1.82, 2.24) is 10.6 Å². The van der Waals surface area contributed by atoms with Crippen LogP contribution in [0.2, 0.25) is 0 Å². The summed E-state index contributed by atoms with van der Waals surface area (Å²) in [7, 11) is 0. The molecule has 2 saturated heterocycles. The van der Waals surface area contributed by atoms with Gasteiger partial charge in [0.15, 0.2) is 0 Å². The first-order valence-electron chi connectivity index (χ1n) is 7.83. The molecule has 5 heteroatoms. The molecule has 118 valence electrons. The molecule has 0 aromatic carbocycles. The van der Waals surface area contributed by atoms with E-state index in [1.165, 1.54) is 30.6 Å². The zero-order valence-electron chi connectivity index (χ0n) is 12.5. The molecule has 1 aromatic rings. The lowest BCUT2D eigenvalue weighted by atomic mass is 9.89. The number of fused-ring (bicyclic) bond motifs is 2. The summed E-state index contributed by atoms with van der Waals surface area (Å²) in [5.74, 6) is 0.811. The lowest BCUT2D eigenvalue weighted by molar-refractivity contribution is -0.123. The van der Waals surface area contributed by atoms with E-state index in [-0.39, 0.29) is 24.4 Å². The van der Waals surface area contributed by atoms with Crippen LogP contribution < -0.4 is 10.6 Å². The molecule has 3 heterocycles. The number of carbonyl (C=O) groups excluding carboxylic acids is 1. The molecular weight excluding hydrogens is 304 g/mol. The van der Waals surface area contributed by atoms with E-state index in [1.54, 1.807) is 11.3 Å². The number of hydrogen-bond donors (Lipinski definition) is 2. The minimum Gasteiger partial charge on any atom is -0.348 e. The molecular formula is C16H25ClN2OS. The molecule has 0 aliphatic carbocycles. The van der Waals surface area contributed by atoms with Gasteiger partial charge in [-0.3, -0.25) is 4.79 Å². The lowest BCUT2D eigenvalue weighted by Crippen LogP contribution is -2.40. The number of nitrogens with one attached hydrogen (secondary N) is 2. The molecule has 2 aliphatic rings. The number of carbonyl (C=O) groups is 1. The van der Waals surface area contributed by atoms with E-state index < -0.39 is 0 Å². The number of hydrogen-bond acceptors (Lipinski definition) is 3. The van der Waals surface area contributed by atoms with Gasteiger partial charge in [-0.1, -0.05) is 13.0 Å². The molecule has 3 unspecified atom stereocenters. The van der Waals surface area contributed by atoms with Crippen LogP contribution in [0.3, 0.4) is 0 Å². The Morgan fingerprint density at radius 3 is 2.71 bits per heavy atom. The first-order chi connectivity index (χ1) is 9.74. The van der Waals surface area contributed by atoms with Gasteiger partial charge in [0.1, 0.15) is 0 Å². The normalized spacial score (nSPS) is 28.7. The number of rotatable bonds is 5.